The molecule has 0 aromatic carbocycles. The molecule has 21 heavy (non-hydrogen) atoms. The van der Waals surface area contributed by atoms with Crippen LogP contribution < -0.4 is 10.2 Å². The minimum atomic E-state index is 0.0991. The van der Waals surface area contributed by atoms with E-state index in [1.165, 1.54) is 4.88 Å². The largest absolute Gasteiger partial charge is 0.378 e. The van der Waals surface area contributed by atoms with Crippen LogP contribution in [-0.2, 0) is 27.4 Å². The lowest BCUT2D eigenvalue weighted by molar-refractivity contribution is -0.00461. The predicted molar refractivity (Wildman–Crippen MR) is 84.0 cm³/mol. The van der Waals surface area contributed by atoms with Crippen LogP contribution in [0, 0.1) is 0 Å². The molecule has 0 aliphatic carbocycles. The maximum Gasteiger partial charge on any atom is 0.186 e. The molecule has 6 nitrogen and oxygen atoms in total. The predicted octanol–water partition coefficient (Wildman–Crippen LogP) is 1.25. The highest BCUT2D eigenvalue weighted by atomic mass is 32.1. The molecule has 0 amide bonds. The van der Waals surface area contributed by atoms with Gasteiger partial charge in [-0.2, -0.15) is 0 Å². The molecule has 1 aliphatic heterocycles. The van der Waals surface area contributed by atoms with E-state index in [1.807, 2.05) is 0 Å². The molecular formula is C14H25N3O3S. The molecule has 2 atom stereocenters. The molecule has 0 radical (unpaired) electrons. The Morgan fingerprint density at radius 2 is 1.90 bits per heavy atom. The summed E-state index contributed by atoms with van der Waals surface area (Å²) in [4.78, 5) is 8.22. The second kappa shape index (κ2) is 8.05. The van der Waals surface area contributed by atoms with Crippen LogP contribution in [0.15, 0.2) is 0 Å². The minimum Gasteiger partial charge on any atom is -0.378 e. The van der Waals surface area contributed by atoms with Gasteiger partial charge in [0.05, 0.1) is 12.3 Å². The van der Waals surface area contributed by atoms with Gasteiger partial charge in [-0.15, -0.1) is 11.3 Å². The highest BCUT2D eigenvalue weighted by Crippen LogP contribution is 2.30. The number of anilines is 1. The van der Waals surface area contributed by atoms with Crippen LogP contribution in [0.25, 0.3) is 0 Å². The monoisotopic (exact) mass is 315 g/mol. The van der Waals surface area contributed by atoms with Crippen molar-refractivity contribution in [2.45, 2.75) is 32.3 Å². The van der Waals surface area contributed by atoms with Crippen molar-refractivity contribution in [2.75, 3.05) is 45.9 Å². The fraction of sp³-hybridized carbons (Fsp3) is 0.786. The van der Waals surface area contributed by atoms with Crippen LogP contribution in [0.3, 0.4) is 0 Å². The summed E-state index contributed by atoms with van der Waals surface area (Å²) in [6.07, 6.45) is 0.198. The lowest BCUT2D eigenvalue weighted by Crippen LogP contribution is -2.27. The van der Waals surface area contributed by atoms with E-state index in [-0.39, 0.29) is 12.2 Å². The second-order valence-electron chi connectivity index (χ2n) is 5.03. The quantitative estimate of drug-likeness (QED) is 0.779. The van der Waals surface area contributed by atoms with E-state index in [2.05, 4.69) is 17.1 Å². The molecule has 1 aliphatic rings. The smallest absolute Gasteiger partial charge is 0.186 e. The number of rotatable bonds is 8. The lowest BCUT2D eigenvalue weighted by atomic mass is 10.3. The summed E-state index contributed by atoms with van der Waals surface area (Å²) in [5.41, 5.74) is 1.02. The Labute approximate surface area is 130 Å². The van der Waals surface area contributed by atoms with Crippen LogP contribution in [-0.4, -0.2) is 58.2 Å². The number of aromatic nitrogens is 1. The fourth-order valence-electron chi connectivity index (χ4n) is 2.48. The molecule has 1 aromatic heterocycles. The van der Waals surface area contributed by atoms with Gasteiger partial charge in [-0.05, 0) is 6.54 Å². The van der Waals surface area contributed by atoms with Gasteiger partial charge in [-0.25, -0.2) is 4.98 Å². The zero-order valence-corrected chi connectivity index (χ0v) is 14.0. The van der Waals surface area contributed by atoms with Gasteiger partial charge in [0.15, 0.2) is 5.13 Å². The summed E-state index contributed by atoms with van der Waals surface area (Å²) in [5, 5.41) is 4.38. The van der Waals surface area contributed by atoms with E-state index in [0.29, 0.717) is 6.61 Å². The minimum absolute atomic E-state index is 0.0991. The van der Waals surface area contributed by atoms with Crippen LogP contribution in [0.2, 0.25) is 0 Å². The molecule has 2 unspecified atom stereocenters. The molecular weight excluding hydrogens is 290 g/mol. The SMILES string of the molecule is CCNCc1sc(N2CC(OC)C(OC)C2)nc1COC. The van der Waals surface area contributed by atoms with Crippen LogP contribution in [0.1, 0.15) is 17.5 Å². The van der Waals surface area contributed by atoms with Crippen molar-refractivity contribution in [3.8, 4) is 0 Å². The highest BCUT2D eigenvalue weighted by Gasteiger charge is 2.34. The first-order valence-electron chi connectivity index (χ1n) is 7.22. The zero-order chi connectivity index (χ0) is 15.2. The van der Waals surface area contributed by atoms with E-state index in [4.69, 9.17) is 19.2 Å². The highest BCUT2D eigenvalue weighted by molar-refractivity contribution is 7.15. The molecule has 1 fully saturated rings. The first-order valence-corrected chi connectivity index (χ1v) is 8.03. The van der Waals surface area contributed by atoms with Gasteiger partial charge >= 0.3 is 0 Å². The summed E-state index contributed by atoms with van der Waals surface area (Å²) >= 11 is 1.72. The number of nitrogens with one attached hydrogen (secondary N) is 1. The molecule has 2 heterocycles. The van der Waals surface area contributed by atoms with E-state index in [1.54, 1.807) is 32.7 Å². The molecule has 0 bridgehead atoms. The molecule has 1 aromatic rings. The van der Waals surface area contributed by atoms with Crippen molar-refractivity contribution in [1.29, 1.82) is 0 Å². The Morgan fingerprint density at radius 1 is 1.24 bits per heavy atom. The molecule has 0 spiro atoms. The molecule has 0 saturated carbocycles. The van der Waals surface area contributed by atoms with Gasteiger partial charge in [0.2, 0.25) is 0 Å². The number of hydrogen-bond donors (Lipinski definition) is 1. The van der Waals surface area contributed by atoms with Crippen molar-refractivity contribution >= 4 is 16.5 Å². The first-order chi connectivity index (χ1) is 10.2. The summed E-state index contributed by atoms with van der Waals surface area (Å²) in [6.45, 7) is 6.06. The third kappa shape index (κ3) is 3.92. The summed E-state index contributed by atoms with van der Waals surface area (Å²) < 4.78 is 16.2. The topological polar surface area (TPSA) is 55.9 Å². The Balaban J connectivity index is 2.12. The summed E-state index contributed by atoms with van der Waals surface area (Å²) in [5.74, 6) is 0. The molecule has 7 heteroatoms. The van der Waals surface area contributed by atoms with Gasteiger partial charge in [0, 0.05) is 45.8 Å². The van der Waals surface area contributed by atoms with E-state index < -0.39 is 0 Å². The van der Waals surface area contributed by atoms with Gasteiger partial charge in [-0.1, -0.05) is 6.92 Å². The zero-order valence-electron chi connectivity index (χ0n) is 13.2. The lowest BCUT2D eigenvalue weighted by Gasteiger charge is -2.13. The Hall–Kier alpha value is -0.730. The normalized spacial score (nSPS) is 22.2. The van der Waals surface area contributed by atoms with Gasteiger partial charge < -0.3 is 24.4 Å². The van der Waals surface area contributed by atoms with E-state index in [0.717, 1.165) is 37.0 Å². The standard InChI is InChI=1S/C14H25N3O3S/c1-5-15-6-13-10(9-18-2)16-14(21-13)17-7-11(19-3)12(8-17)20-4/h11-12,15H,5-9H2,1-4H3. The Morgan fingerprint density at radius 3 is 2.43 bits per heavy atom. The maximum atomic E-state index is 5.49. The number of ether oxygens (including phenoxy) is 3. The molecule has 1 saturated heterocycles. The van der Waals surface area contributed by atoms with Gasteiger partial charge in [0.25, 0.3) is 0 Å². The summed E-state index contributed by atoms with van der Waals surface area (Å²) in [6, 6.07) is 0. The van der Waals surface area contributed by atoms with Crippen LogP contribution in [0.5, 0.6) is 0 Å². The van der Waals surface area contributed by atoms with Gasteiger partial charge in [0.1, 0.15) is 12.2 Å². The number of hydrogen-bond acceptors (Lipinski definition) is 7. The van der Waals surface area contributed by atoms with E-state index in [9.17, 15) is 0 Å². The van der Waals surface area contributed by atoms with Crippen molar-refractivity contribution in [3.05, 3.63) is 10.6 Å². The Bertz CT molecular complexity index is 429. The van der Waals surface area contributed by atoms with Crippen LogP contribution in [0.4, 0.5) is 5.13 Å². The van der Waals surface area contributed by atoms with Crippen molar-refractivity contribution in [1.82, 2.24) is 10.3 Å². The third-order valence-corrected chi connectivity index (χ3v) is 4.83. The maximum absolute atomic E-state index is 5.49. The average molecular weight is 315 g/mol. The summed E-state index contributed by atoms with van der Waals surface area (Å²) in [7, 11) is 5.16. The Kier molecular flexibility index (Phi) is 6.38. The second-order valence-corrected chi connectivity index (χ2v) is 6.10. The number of thiazole rings is 1. The fourth-order valence-corrected chi connectivity index (χ4v) is 3.54. The molecule has 120 valence electrons. The number of methoxy groups -OCH3 is 3. The van der Waals surface area contributed by atoms with Crippen LogP contribution >= 0.6 is 11.3 Å². The first kappa shape index (κ1) is 16.6. The molecule has 1 N–H and O–H groups in total. The van der Waals surface area contributed by atoms with Crippen molar-refractivity contribution in [3.63, 3.8) is 0 Å². The number of nitrogens with zero attached hydrogens (tertiary/aromatic N) is 2. The van der Waals surface area contributed by atoms with Crippen molar-refractivity contribution < 1.29 is 14.2 Å². The van der Waals surface area contributed by atoms with Gasteiger partial charge in [-0.3, -0.25) is 0 Å². The van der Waals surface area contributed by atoms with Crippen molar-refractivity contribution in [2.24, 2.45) is 0 Å². The molecule has 2 rings (SSSR count). The average Bonchev–Trinajstić information content (AvgIpc) is 3.09. The van der Waals surface area contributed by atoms with E-state index >= 15 is 0 Å². The third-order valence-electron chi connectivity index (χ3n) is 3.67.